The van der Waals surface area contributed by atoms with Crippen LogP contribution in [-0.4, -0.2) is 37.5 Å². The average Bonchev–Trinajstić information content (AvgIpc) is 3.17. The first-order valence-corrected chi connectivity index (χ1v) is 12.1. The lowest BCUT2D eigenvalue weighted by atomic mass is 10.2. The molecule has 0 unspecified atom stereocenters. The monoisotopic (exact) mass is 468 g/mol. The number of nitrogens with zero attached hydrogens (tertiary/aromatic N) is 1. The third-order valence-electron chi connectivity index (χ3n) is 4.21. The molecule has 1 N–H and O–H groups in total. The molecule has 0 spiro atoms. The fourth-order valence-corrected chi connectivity index (χ4v) is 5.68. The molecule has 2 aromatic carbocycles. The summed E-state index contributed by atoms with van der Waals surface area (Å²) in [6.45, 7) is 1.12. The molecule has 0 aliphatic carbocycles. The summed E-state index contributed by atoms with van der Waals surface area (Å²) in [7, 11) is -3.48. The lowest BCUT2D eigenvalue weighted by Gasteiger charge is -2.16. The molecule has 1 saturated heterocycles. The Kier molecular flexibility index (Phi) is 6.97. The Hall–Kier alpha value is -1.35. The quantitative estimate of drug-likeness (QED) is 0.663. The van der Waals surface area contributed by atoms with Gasteiger partial charge in [0.1, 0.15) is 0 Å². The highest BCUT2D eigenvalue weighted by atomic mass is 79.9. The van der Waals surface area contributed by atoms with E-state index in [0.717, 1.165) is 28.6 Å². The Morgan fingerprint density at radius 1 is 1.11 bits per heavy atom. The van der Waals surface area contributed by atoms with Crippen LogP contribution in [-0.2, 0) is 20.6 Å². The van der Waals surface area contributed by atoms with E-state index in [1.165, 1.54) is 22.1 Å². The van der Waals surface area contributed by atoms with E-state index < -0.39 is 10.0 Å². The Morgan fingerprint density at radius 2 is 1.85 bits per heavy atom. The molecule has 0 saturated carbocycles. The zero-order chi connectivity index (χ0) is 19.3. The molecule has 1 aliphatic heterocycles. The maximum absolute atomic E-state index is 12.6. The Morgan fingerprint density at radius 3 is 2.59 bits per heavy atom. The Balaban J connectivity index is 1.56. The lowest BCUT2D eigenvalue weighted by Crippen LogP contribution is -2.28. The number of amides is 1. The number of benzene rings is 2. The summed E-state index contributed by atoms with van der Waals surface area (Å²) in [6.07, 6.45) is 1.79. The van der Waals surface area contributed by atoms with Gasteiger partial charge >= 0.3 is 0 Å². The van der Waals surface area contributed by atoms with Gasteiger partial charge in [0.25, 0.3) is 0 Å². The molecule has 1 heterocycles. The van der Waals surface area contributed by atoms with Crippen LogP contribution in [0.5, 0.6) is 0 Å². The molecule has 0 atom stereocenters. The lowest BCUT2D eigenvalue weighted by molar-refractivity contribution is -0.113. The predicted molar refractivity (Wildman–Crippen MR) is 113 cm³/mol. The van der Waals surface area contributed by atoms with Gasteiger partial charge in [-0.25, -0.2) is 8.42 Å². The van der Waals surface area contributed by atoms with Crippen molar-refractivity contribution < 1.29 is 13.2 Å². The topological polar surface area (TPSA) is 66.5 Å². The highest BCUT2D eigenvalue weighted by molar-refractivity contribution is 9.10. The largest absolute Gasteiger partial charge is 0.325 e. The molecule has 0 radical (unpaired) electrons. The van der Waals surface area contributed by atoms with Gasteiger partial charge in [-0.3, -0.25) is 4.79 Å². The highest BCUT2D eigenvalue weighted by Gasteiger charge is 2.27. The fraction of sp³-hybridized carbons (Fsp3) is 0.316. The van der Waals surface area contributed by atoms with Crippen molar-refractivity contribution in [3.05, 3.63) is 58.6 Å². The molecule has 2 aromatic rings. The van der Waals surface area contributed by atoms with Gasteiger partial charge in [-0.2, -0.15) is 4.31 Å². The number of halogens is 1. The summed E-state index contributed by atoms with van der Waals surface area (Å²) in [4.78, 5) is 12.4. The standard InChI is InChI=1S/C19H21BrN2O3S2/c20-16-6-3-5-15(11-16)13-26-14-19(23)21-17-7-4-8-18(12-17)27(24,25)22-9-1-2-10-22/h3-8,11-12H,1-2,9-10,13-14H2,(H,21,23). The number of carbonyl (C=O) groups is 1. The van der Waals surface area contributed by atoms with Gasteiger partial charge < -0.3 is 5.32 Å². The maximum Gasteiger partial charge on any atom is 0.243 e. The molecule has 3 rings (SSSR count). The van der Waals surface area contributed by atoms with E-state index in [0.29, 0.717) is 24.5 Å². The molecule has 144 valence electrons. The predicted octanol–water partition coefficient (Wildman–Crippen LogP) is 4.11. The second-order valence-electron chi connectivity index (χ2n) is 6.31. The average molecular weight is 469 g/mol. The third kappa shape index (κ3) is 5.57. The van der Waals surface area contributed by atoms with Crippen LogP contribution in [0.2, 0.25) is 0 Å². The van der Waals surface area contributed by atoms with Gasteiger partial charge in [0.2, 0.25) is 15.9 Å². The smallest absolute Gasteiger partial charge is 0.243 e. The molecular weight excluding hydrogens is 448 g/mol. The van der Waals surface area contributed by atoms with Gasteiger partial charge in [0, 0.05) is 29.0 Å². The Labute approximate surface area is 172 Å². The van der Waals surface area contributed by atoms with Gasteiger partial charge in [-0.15, -0.1) is 11.8 Å². The van der Waals surface area contributed by atoms with Crippen molar-refractivity contribution in [2.75, 3.05) is 24.2 Å². The molecule has 1 fully saturated rings. The van der Waals surface area contributed by atoms with Crippen molar-refractivity contribution in [3.63, 3.8) is 0 Å². The van der Waals surface area contributed by atoms with Gasteiger partial charge in [0.05, 0.1) is 10.6 Å². The summed E-state index contributed by atoms with van der Waals surface area (Å²) < 4.78 is 27.8. The van der Waals surface area contributed by atoms with Crippen molar-refractivity contribution in [2.24, 2.45) is 0 Å². The minimum absolute atomic E-state index is 0.147. The van der Waals surface area contributed by atoms with E-state index in [9.17, 15) is 13.2 Å². The van der Waals surface area contributed by atoms with Crippen molar-refractivity contribution in [1.82, 2.24) is 4.31 Å². The number of hydrogen-bond donors (Lipinski definition) is 1. The van der Waals surface area contributed by atoms with Crippen molar-refractivity contribution in [2.45, 2.75) is 23.5 Å². The number of carbonyl (C=O) groups excluding carboxylic acids is 1. The first-order chi connectivity index (χ1) is 12.9. The van der Waals surface area contributed by atoms with Crippen LogP contribution in [0.25, 0.3) is 0 Å². The molecule has 8 heteroatoms. The third-order valence-corrected chi connectivity index (χ3v) is 7.60. The maximum atomic E-state index is 12.6. The van der Waals surface area contributed by atoms with Crippen molar-refractivity contribution in [3.8, 4) is 0 Å². The summed E-state index contributed by atoms with van der Waals surface area (Å²) >= 11 is 4.95. The minimum Gasteiger partial charge on any atom is -0.325 e. The normalized spacial score (nSPS) is 15.0. The molecular formula is C19H21BrN2O3S2. The van der Waals surface area contributed by atoms with E-state index in [-0.39, 0.29) is 10.8 Å². The molecule has 27 heavy (non-hydrogen) atoms. The number of rotatable bonds is 7. The summed E-state index contributed by atoms with van der Waals surface area (Å²) in [5.74, 6) is 0.886. The number of thioether (sulfide) groups is 1. The van der Waals surface area contributed by atoms with Gasteiger partial charge in [-0.05, 0) is 48.7 Å². The van der Waals surface area contributed by atoms with Crippen LogP contribution >= 0.6 is 27.7 Å². The first kappa shape index (κ1) is 20.4. The number of hydrogen-bond acceptors (Lipinski definition) is 4. The SMILES string of the molecule is O=C(CSCc1cccc(Br)c1)Nc1cccc(S(=O)(=O)N2CCCC2)c1. The number of nitrogens with one attached hydrogen (secondary N) is 1. The van der Waals surface area contributed by atoms with E-state index in [1.807, 2.05) is 24.3 Å². The molecule has 1 amide bonds. The van der Waals surface area contributed by atoms with Crippen LogP contribution < -0.4 is 5.32 Å². The van der Waals surface area contributed by atoms with E-state index in [1.54, 1.807) is 18.2 Å². The van der Waals surface area contributed by atoms with Crippen LogP contribution in [0.1, 0.15) is 18.4 Å². The summed E-state index contributed by atoms with van der Waals surface area (Å²) in [6, 6.07) is 14.4. The van der Waals surface area contributed by atoms with E-state index in [4.69, 9.17) is 0 Å². The van der Waals surface area contributed by atoms with E-state index in [2.05, 4.69) is 21.2 Å². The summed E-state index contributed by atoms with van der Waals surface area (Å²) in [5, 5.41) is 2.79. The van der Waals surface area contributed by atoms with E-state index >= 15 is 0 Å². The molecule has 5 nitrogen and oxygen atoms in total. The Bertz CT molecular complexity index is 913. The van der Waals surface area contributed by atoms with Crippen LogP contribution in [0.4, 0.5) is 5.69 Å². The highest BCUT2D eigenvalue weighted by Crippen LogP contribution is 2.23. The summed E-state index contributed by atoms with van der Waals surface area (Å²) in [5.41, 5.74) is 1.64. The van der Waals surface area contributed by atoms with Crippen molar-refractivity contribution >= 4 is 49.3 Å². The van der Waals surface area contributed by atoms with Crippen LogP contribution in [0.3, 0.4) is 0 Å². The zero-order valence-corrected chi connectivity index (χ0v) is 17.9. The number of anilines is 1. The second kappa shape index (κ2) is 9.23. The molecule has 0 aromatic heterocycles. The van der Waals surface area contributed by atoms with Crippen LogP contribution in [0.15, 0.2) is 57.9 Å². The second-order valence-corrected chi connectivity index (χ2v) is 10.1. The first-order valence-electron chi connectivity index (χ1n) is 8.67. The van der Waals surface area contributed by atoms with Crippen LogP contribution in [0, 0.1) is 0 Å². The minimum atomic E-state index is -3.48. The molecule has 0 bridgehead atoms. The fourth-order valence-electron chi connectivity index (χ4n) is 2.90. The number of sulfonamides is 1. The van der Waals surface area contributed by atoms with Gasteiger partial charge in [0.15, 0.2) is 0 Å². The van der Waals surface area contributed by atoms with Gasteiger partial charge in [-0.1, -0.05) is 34.1 Å². The van der Waals surface area contributed by atoms with Crippen molar-refractivity contribution in [1.29, 1.82) is 0 Å². The molecule has 1 aliphatic rings. The zero-order valence-electron chi connectivity index (χ0n) is 14.7.